The van der Waals surface area contributed by atoms with Gasteiger partial charge in [0.05, 0.1) is 23.6 Å². The smallest absolute Gasteiger partial charge is 0.175 e. The van der Waals surface area contributed by atoms with Gasteiger partial charge in [0.25, 0.3) is 0 Å². The average molecular weight is 321 g/mol. The number of halogens is 1. The minimum atomic E-state index is -1.55. The first-order chi connectivity index (χ1) is 10.5. The van der Waals surface area contributed by atoms with E-state index >= 15 is 0 Å². The van der Waals surface area contributed by atoms with Crippen molar-refractivity contribution in [2.24, 2.45) is 21.7 Å². The number of rotatable bonds is 6. The summed E-state index contributed by atoms with van der Waals surface area (Å²) in [6, 6.07) is 6.16. The van der Waals surface area contributed by atoms with E-state index < -0.39 is 23.0 Å². The molecule has 0 radical (unpaired) electrons. The van der Waals surface area contributed by atoms with Crippen LogP contribution in [-0.2, 0) is 4.74 Å². The molecule has 2 atom stereocenters. The highest BCUT2D eigenvalue weighted by atomic mass is 35.5. The second-order valence-corrected chi connectivity index (χ2v) is 5.87. The number of hydrogen-bond donors (Lipinski definition) is 0. The molecule has 0 aliphatic carbocycles. The summed E-state index contributed by atoms with van der Waals surface area (Å²) in [6.45, 7) is 6.33. The Bertz CT molecular complexity index is 534. The number of unbranched alkanes of at least 4 members (excludes halogenated alkanes) is 1. The molecule has 6 heteroatoms. The summed E-state index contributed by atoms with van der Waals surface area (Å²) < 4.78 is 5.86. The molecule has 0 aromatic heterocycles. The molecular formula is C16H21ClN4O. The number of nitriles is 3. The third-order valence-electron chi connectivity index (χ3n) is 4.69. The zero-order valence-corrected chi connectivity index (χ0v) is 14.0. The first kappa shape index (κ1) is 18.4. The van der Waals surface area contributed by atoms with E-state index in [0.29, 0.717) is 19.4 Å². The molecule has 0 bridgehead atoms. The topological polar surface area (TPSA) is 93.0 Å². The highest BCUT2D eigenvalue weighted by Gasteiger charge is 2.64. The highest BCUT2D eigenvalue weighted by molar-refractivity contribution is 6.66. The normalized spacial score (nSPS) is 25.4. The summed E-state index contributed by atoms with van der Waals surface area (Å²) in [5.41, 5.74) is -2.40. The summed E-state index contributed by atoms with van der Waals surface area (Å²) >= 11 is 6.12. The van der Waals surface area contributed by atoms with Gasteiger partial charge in [0.1, 0.15) is 11.1 Å². The number of ether oxygens (including phenoxy) is 1. The van der Waals surface area contributed by atoms with E-state index in [4.69, 9.17) is 16.3 Å². The van der Waals surface area contributed by atoms with Crippen LogP contribution in [0.1, 0.15) is 46.5 Å². The molecule has 1 heterocycles. The molecule has 0 saturated carbocycles. The Morgan fingerprint density at radius 2 is 1.77 bits per heavy atom. The van der Waals surface area contributed by atoms with Crippen molar-refractivity contribution in [2.75, 3.05) is 6.61 Å². The van der Waals surface area contributed by atoms with E-state index in [1.165, 1.54) is 0 Å². The maximum absolute atomic E-state index is 9.76. The van der Waals surface area contributed by atoms with Crippen LogP contribution in [0.4, 0.5) is 0 Å². The van der Waals surface area contributed by atoms with Gasteiger partial charge in [-0.2, -0.15) is 15.8 Å². The molecular weight excluding hydrogens is 300 g/mol. The molecule has 0 spiro atoms. The molecule has 118 valence electrons. The van der Waals surface area contributed by atoms with Crippen molar-refractivity contribution in [3.05, 3.63) is 0 Å². The lowest BCUT2D eigenvalue weighted by Gasteiger charge is -2.49. The predicted octanol–water partition coefficient (Wildman–Crippen LogP) is 3.76. The molecule has 0 aromatic rings. The SMILES string of the molecule is CCCCO[C@@H]1N=C(Cl)[C@@H](C#N)C(C#N)(C#N)C1(CC)CC. The fourth-order valence-corrected chi connectivity index (χ4v) is 3.49. The van der Waals surface area contributed by atoms with Crippen molar-refractivity contribution >= 4 is 16.8 Å². The third-order valence-corrected chi connectivity index (χ3v) is 5.00. The van der Waals surface area contributed by atoms with Gasteiger partial charge in [0, 0.05) is 6.61 Å². The maximum Gasteiger partial charge on any atom is 0.175 e. The van der Waals surface area contributed by atoms with Gasteiger partial charge in [0.15, 0.2) is 11.6 Å². The van der Waals surface area contributed by atoms with Gasteiger partial charge in [-0.3, -0.25) is 0 Å². The first-order valence-corrected chi connectivity index (χ1v) is 7.98. The Hall–Kier alpha value is -1.61. The van der Waals surface area contributed by atoms with Crippen LogP contribution in [-0.4, -0.2) is 18.0 Å². The monoisotopic (exact) mass is 320 g/mol. The summed E-state index contributed by atoms with van der Waals surface area (Å²) in [4.78, 5) is 4.33. The maximum atomic E-state index is 9.76. The fourth-order valence-electron chi connectivity index (χ4n) is 3.19. The van der Waals surface area contributed by atoms with Crippen LogP contribution in [0.2, 0.25) is 0 Å². The Labute approximate surface area is 137 Å². The van der Waals surface area contributed by atoms with E-state index in [1.54, 1.807) is 0 Å². The number of hydrogen-bond acceptors (Lipinski definition) is 5. The van der Waals surface area contributed by atoms with E-state index in [-0.39, 0.29) is 5.17 Å². The minimum Gasteiger partial charge on any atom is -0.356 e. The van der Waals surface area contributed by atoms with Crippen LogP contribution < -0.4 is 0 Å². The molecule has 0 amide bonds. The molecule has 22 heavy (non-hydrogen) atoms. The van der Waals surface area contributed by atoms with Gasteiger partial charge >= 0.3 is 0 Å². The molecule has 1 aliphatic rings. The number of aliphatic imine (C=N–C) groups is 1. The highest BCUT2D eigenvalue weighted by Crippen LogP contribution is 2.56. The lowest BCUT2D eigenvalue weighted by atomic mass is 9.54. The second kappa shape index (κ2) is 7.59. The lowest BCUT2D eigenvalue weighted by Crippen LogP contribution is -2.56. The van der Waals surface area contributed by atoms with Gasteiger partial charge in [-0.1, -0.05) is 38.8 Å². The molecule has 1 aliphatic heterocycles. The molecule has 1 rings (SSSR count). The van der Waals surface area contributed by atoms with Gasteiger partial charge < -0.3 is 4.74 Å². The summed E-state index contributed by atoms with van der Waals surface area (Å²) in [5, 5.41) is 28.9. The molecule has 5 nitrogen and oxygen atoms in total. The second-order valence-electron chi connectivity index (χ2n) is 5.49. The molecule has 0 fully saturated rings. The zero-order valence-electron chi connectivity index (χ0n) is 13.3. The Balaban J connectivity index is 3.47. The number of nitrogens with zero attached hydrogens (tertiary/aromatic N) is 4. The average Bonchev–Trinajstić information content (AvgIpc) is 2.54. The Kier molecular flexibility index (Phi) is 6.36. The summed E-state index contributed by atoms with van der Waals surface area (Å²) in [5.74, 6) is -1.05. The minimum absolute atomic E-state index is 0.00961. The van der Waals surface area contributed by atoms with E-state index in [2.05, 4.69) is 17.1 Å². The van der Waals surface area contributed by atoms with Crippen LogP contribution in [0.15, 0.2) is 4.99 Å². The quantitative estimate of drug-likeness (QED) is 0.696. The summed E-state index contributed by atoms with van der Waals surface area (Å²) in [6.07, 6.45) is 2.17. The van der Waals surface area contributed by atoms with Crippen LogP contribution in [0, 0.1) is 50.7 Å². The fraction of sp³-hybridized carbons (Fsp3) is 0.750. The third kappa shape index (κ3) is 2.58. The molecule has 0 unspecified atom stereocenters. The molecule has 0 N–H and O–H groups in total. The van der Waals surface area contributed by atoms with Crippen LogP contribution in [0.3, 0.4) is 0 Å². The predicted molar refractivity (Wildman–Crippen MR) is 83.7 cm³/mol. The van der Waals surface area contributed by atoms with Crippen molar-refractivity contribution in [3.63, 3.8) is 0 Å². The van der Waals surface area contributed by atoms with E-state index in [1.807, 2.05) is 26.8 Å². The lowest BCUT2D eigenvalue weighted by molar-refractivity contribution is -0.0905. The van der Waals surface area contributed by atoms with E-state index in [9.17, 15) is 15.8 Å². The molecule has 0 saturated heterocycles. The van der Waals surface area contributed by atoms with Crippen molar-refractivity contribution in [3.8, 4) is 18.2 Å². The Morgan fingerprint density at radius 1 is 1.18 bits per heavy atom. The van der Waals surface area contributed by atoms with Crippen molar-refractivity contribution < 1.29 is 4.74 Å². The standard InChI is InChI=1S/C16H21ClN4O/c1-4-7-8-22-14-15(5-2,6-3)16(10-19,11-20)12(9-18)13(17)21-14/h12,14H,4-8H2,1-3H3/t12-,14+/m1/s1. The van der Waals surface area contributed by atoms with E-state index in [0.717, 1.165) is 12.8 Å². The zero-order chi connectivity index (χ0) is 16.8. The van der Waals surface area contributed by atoms with Gasteiger partial charge in [-0.25, -0.2) is 4.99 Å². The van der Waals surface area contributed by atoms with Crippen LogP contribution >= 0.6 is 11.6 Å². The molecule has 0 aromatic carbocycles. The van der Waals surface area contributed by atoms with Gasteiger partial charge in [0.2, 0.25) is 0 Å². The summed E-state index contributed by atoms with van der Waals surface area (Å²) in [7, 11) is 0. The van der Waals surface area contributed by atoms with Crippen molar-refractivity contribution in [1.29, 1.82) is 15.8 Å². The van der Waals surface area contributed by atoms with Gasteiger partial charge in [-0.05, 0) is 19.3 Å². The Morgan fingerprint density at radius 3 is 2.18 bits per heavy atom. The largest absolute Gasteiger partial charge is 0.356 e. The van der Waals surface area contributed by atoms with Crippen molar-refractivity contribution in [1.82, 2.24) is 0 Å². The van der Waals surface area contributed by atoms with Crippen LogP contribution in [0.25, 0.3) is 0 Å². The van der Waals surface area contributed by atoms with Crippen molar-refractivity contribution in [2.45, 2.75) is 52.7 Å². The van der Waals surface area contributed by atoms with Gasteiger partial charge in [-0.15, -0.1) is 0 Å². The first-order valence-electron chi connectivity index (χ1n) is 7.60. The van der Waals surface area contributed by atoms with Crippen LogP contribution in [0.5, 0.6) is 0 Å².